The van der Waals surface area contributed by atoms with E-state index in [0.717, 1.165) is 42.5 Å². The third kappa shape index (κ3) is 4.56. The third-order valence-electron chi connectivity index (χ3n) is 7.31. The molecular formula is C26H32N4O2S. The van der Waals surface area contributed by atoms with Gasteiger partial charge in [-0.25, -0.2) is 4.98 Å². The van der Waals surface area contributed by atoms with Crippen LogP contribution in [0.3, 0.4) is 0 Å². The van der Waals surface area contributed by atoms with Crippen LogP contribution in [0.25, 0.3) is 21.3 Å². The highest BCUT2D eigenvalue weighted by atomic mass is 32.1. The Kier molecular flexibility index (Phi) is 6.23. The smallest absolute Gasteiger partial charge is 0.270 e. The number of nitrogens with one attached hydrogen (secondary N) is 2. The van der Waals surface area contributed by atoms with Gasteiger partial charge in [0.15, 0.2) is 0 Å². The number of benzene rings is 1. The summed E-state index contributed by atoms with van der Waals surface area (Å²) in [6, 6.07) is 8.60. The van der Waals surface area contributed by atoms with E-state index in [-0.39, 0.29) is 17.4 Å². The molecule has 1 saturated carbocycles. The fraction of sp³-hybridized carbons (Fsp3) is 0.500. The van der Waals surface area contributed by atoms with E-state index in [1.54, 1.807) is 0 Å². The van der Waals surface area contributed by atoms with Crippen molar-refractivity contribution in [3.05, 3.63) is 45.6 Å². The van der Waals surface area contributed by atoms with Gasteiger partial charge in [-0.1, -0.05) is 49.6 Å². The van der Waals surface area contributed by atoms with E-state index < -0.39 is 0 Å². The molecule has 5 rings (SSSR count). The Morgan fingerprint density at radius 2 is 1.94 bits per heavy atom. The number of thiophene rings is 1. The van der Waals surface area contributed by atoms with E-state index in [9.17, 15) is 9.59 Å². The SMILES string of the molecule is Cc1ccc(-c2csc3c(=O)[nH]c(N4CCCC(C(=O)NC5CCCCC5C)C4)nc23)cc1. The van der Waals surface area contributed by atoms with Crippen LogP contribution < -0.4 is 15.8 Å². The zero-order valence-electron chi connectivity index (χ0n) is 19.4. The van der Waals surface area contributed by atoms with Gasteiger partial charge in [-0.15, -0.1) is 11.3 Å². The number of hydrogen-bond acceptors (Lipinski definition) is 5. The number of rotatable bonds is 4. The molecule has 2 aliphatic rings. The number of H-pyrrole nitrogens is 1. The topological polar surface area (TPSA) is 78.1 Å². The van der Waals surface area contributed by atoms with E-state index in [0.29, 0.717) is 29.2 Å². The van der Waals surface area contributed by atoms with Gasteiger partial charge in [0.05, 0.1) is 11.4 Å². The van der Waals surface area contributed by atoms with Crippen molar-refractivity contribution in [2.75, 3.05) is 18.0 Å². The molecule has 0 spiro atoms. The van der Waals surface area contributed by atoms with Gasteiger partial charge in [0.1, 0.15) is 4.70 Å². The number of carbonyl (C=O) groups is 1. The summed E-state index contributed by atoms with van der Waals surface area (Å²) >= 11 is 1.43. The van der Waals surface area contributed by atoms with E-state index in [2.05, 4.69) is 53.3 Å². The highest BCUT2D eigenvalue weighted by molar-refractivity contribution is 7.17. The van der Waals surface area contributed by atoms with Crippen LogP contribution >= 0.6 is 11.3 Å². The minimum Gasteiger partial charge on any atom is -0.353 e. The average molecular weight is 465 g/mol. The van der Waals surface area contributed by atoms with Gasteiger partial charge in [0.25, 0.3) is 5.56 Å². The van der Waals surface area contributed by atoms with Gasteiger partial charge in [0.2, 0.25) is 11.9 Å². The zero-order valence-corrected chi connectivity index (χ0v) is 20.2. The summed E-state index contributed by atoms with van der Waals surface area (Å²) in [6.07, 6.45) is 6.52. The number of aromatic nitrogens is 2. The number of aryl methyl sites for hydroxylation is 1. The lowest BCUT2D eigenvalue weighted by Crippen LogP contribution is -2.48. The molecule has 3 atom stereocenters. The Morgan fingerprint density at radius 1 is 1.15 bits per heavy atom. The molecule has 33 heavy (non-hydrogen) atoms. The van der Waals surface area contributed by atoms with E-state index in [4.69, 9.17) is 4.98 Å². The number of anilines is 1. The van der Waals surface area contributed by atoms with Crippen LogP contribution in [-0.2, 0) is 4.79 Å². The summed E-state index contributed by atoms with van der Waals surface area (Å²) < 4.78 is 0.645. The van der Waals surface area contributed by atoms with Gasteiger partial charge in [-0.2, -0.15) is 0 Å². The molecule has 1 aromatic carbocycles. The monoisotopic (exact) mass is 464 g/mol. The summed E-state index contributed by atoms with van der Waals surface area (Å²) in [6.45, 7) is 5.69. The fourth-order valence-electron chi connectivity index (χ4n) is 5.22. The first-order valence-electron chi connectivity index (χ1n) is 12.1. The van der Waals surface area contributed by atoms with Crippen molar-refractivity contribution in [3.8, 4) is 11.1 Å². The summed E-state index contributed by atoms with van der Waals surface area (Å²) in [5.41, 5.74) is 3.88. The zero-order chi connectivity index (χ0) is 22.9. The molecule has 6 nitrogen and oxygen atoms in total. The van der Waals surface area contributed by atoms with Crippen molar-refractivity contribution < 1.29 is 4.79 Å². The van der Waals surface area contributed by atoms with Gasteiger partial charge in [-0.05, 0) is 44.1 Å². The number of hydrogen-bond donors (Lipinski definition) is 2. The molecule has 3 unspecified atom stereocenters. The van der Waals surface area contributed by atoms with Crippen molar-refractivity contribution in [3.63, 3.8) is 0 Å². The lowest BCUT2D eigenvalue weighted by Gasteiger charge is -2.35. The van der Waals surface area contributed by atoms with Crippen molar-refractivity contribution in [2.45, 2.75) is 58.4 Å². The number of aromatic amines is 1. The van der Waals surface area contributed by atoms with Crippen LogP contribution in [0, 0.1) is 18.8 Å². The lowest BCUT2D eigenvalue weighted by molar-refractivity contribution is -0.126. The minimum absolute atomic E-state index is 0.0760. The molecule has 1 amide bonds. The molecule has 3 heterocycles. The Labute approximate surface area is 198 Å². The molecule has 2 N–H and O–H groups in total. The molecule has 3 aromatic rings. The maximum absolute atomic E-state index is 13.1. The van der Waals surface area contributed by atoms with Crippen molar-refractivity contribution in [1.82, 2.24) is 15.3 Å². The Hall–Kier alpha value is -2.67. The Bertz CT molecular complexity index is 1200. The van der Waals surface area contributed by atoms with E-state index in [1.165, 1.54) is 36.2 Å². The maximum Gasteiger partial charge on any atom is 0.270 e. The van der Waals surface area contributed by atoms with Crippen LogP contribution in [0.15, 0.2) is 34.4 Å². The highest BCUT2D eigenvalue weighted by Crippen LogP contribution is 2.32. The second-order valence-corrected chi connectivity index (χ2v) is 10.6. The molecule has 0 bridgehead atoms. The molecular weight excluding hydrogens is 432 g/mol. The molecule has 1 aliphatic heterocycles. The van der Waals surface area contributed by atoms with Crippen molar-refractivity contribution in [2.24, 2.45) is 11.8 Å². The van der Waals surface area contributed by atoms with Crippen molar-refractivity contribution in [1.29, 1.82) is 0 Å². The fourth-order valence-corrected chi connectivity index (χ4v) is 6.13. The molecule has 174 valence electrons. The summed E-state index contributed by atoms with van der Waals surface area (Å²) in [4.78, 5) is 35.9. The summed E-state index contributed by atoms with van der Waals surface area (Å²) in [5, 5.41) is 5.34. The summed E-state index contributed by atoms with van der Waals surface area (Å²) in [7, 11) is 0. The van der Waals surface area contributed by atoms with Gasteiger partial charge < -0.3 is 10.2 Å². The predicted octanol–water partition coefficient (Wildman–Crippen LogP) is 4.87. The minimum atomic E-state index is -0.110. The van der Waals surface area contributed by atoms with Crippen LogP contribution in [0.1, 0.15) is 51.0 Å². The lowest BCUT2D eigenvalue weighted by atomic mass is 9.85. The second-order valence-electron chi connectivity index (χ2n) is 9.74. The van der Waals surface area contributed by atoms with E-state index in [1.807, 2.05) is 5.38 Å². The molecule has 2 fully saturated rings. The van der Waals surface area contributed by atoms with Gasteiger partial charge in [-0.3, -0.25) is 14.6 Å². The quantitative estimate of drug-likeness (QED) is 0.577. The molecule has 1 aliphatic carbocycles. The number of nitrogens with zero attached hydrogens (tertiary/aromatic N) is 2. The summed E-state index contributed by atoms with van der Waals surface area (Å²) in [5.74, 6) is 1.19. The van der Waals surface area contributed by atoms with Gasteiger partial charge in [0, 0.05) is 30.1 Å². The van der Waals surface area contributed by atoms with Crippen LogP contribution in [-0.4, -0.2) is 35.0 Å². The van der Waals surface area contributed by atoms with Crippen LogP contribution in [0.2, 0.25) is 0 Å². The normalized spacial score (nSPS) is 23.6. The average Bonchev–Trinajstić information content (AvgIpc) is 3.26. The number of fused-ring (bicyclic) bond motifs is 1. The second kappa shape index (κ2) is 9.29. The largest absolute Gasteiger partial charge is 0.353 e. The standard InChI is InChI=1S/C26H32N4O2S/c1-16-9-11-18(12-10-16)20-15-33-23-22(20)28-26(29-25(23)32)30-13-5-7-19(14-30)24(31)27-21-8-4-3-6-17(21)2/h9-12,15,17,19,21H,3-8,13-14H2,1-2H3,(H,27,31)(H,28,29,32). The molecule has 1 saturated heterocycles. The van der Waals surface area contributed by atoms with Crippen LogP contribution in [0.5, 0.6) is 0 Å². The Morgan fingerprint density at radius 3 is 2.73 bits per heavy atom. The van der Waals surface area contributed by atoms with Crippen LogP contribution in [0.4, 0.5) is 5.95 Å². The third-order valence-corrected chi connectivity index (χ3v) is 8.28. The number of carbonyl (C=O) groups excluding carboxylic acids is 1. The molecule has 7 heteroatoms. The first kappa shape index (κ1) is 22.1. The predicted molar refractivity (Wildman–Crippen MR) is 135 cm³/mol. The highest BCUT2D eigenvalue weighted by Gasteiger charge is 2.30. The molecule has 2 aromatic heterocycles. The van der Waals surface area contributed by atoms with Gasteiger partial charge >= 0.3 is 0 Å². The van der Waals surface area contributed by atoms with E-state index >= 15 is 0 Å². The first-order valence-corrected chi connectivity index (χ1v) is 13.0. The maximum atomic E-state index is 13.1. The first-order chi connectivity index (χ1) is 16.0. The Balaban J connectivity index is 1.38. The number of piperidine rings is 1. The van der Waals surface area contributed by atoms with Crippen molar-refractivity contribution >= 4 is 33.4 Å². The molecule has 0 radical (unpaired) electrons. The number of amides is 1.